The van der Waals surface area contributed by atoms with Gasteiger partial charge in [-0.25, -0.2) is 4.98 Å². The molecule has 4 nitrogen and oxygen atoms in total. The Balaban J connectivity index is 2.48. The molecular formula is C12H12N2O2S. The summed E-state index contributed by atoms with van der Waals surface area (Å²) >= 11 is 1.49. The van der Waals surface area contributed by atoms with Gasteiger partial charge in [0, 0.05) is 5.75 Å². The summed E-state index contributed by atoms with van der Waals surface area (Å²) in [5.74, 6) is -0.156. The molecule has 0 aliphatic carbocycles. The smallest absolute Gasteiger partial charge is 0.323 e. The van der Waals surface area contributed by atoms with Crippen molar-refractivity contribution >= 4 is 28.8 Å². The zero-order valence-electron chi connectivity index (χ0n) is 9.17. The topological polar surface area (TPSA) is 55.1 Å². The molecule has 17 heavy (non-hydrogen) atoms. The van der Waals surface area contributed by atoms with Crippen LogP contribution >= 0.6 is 11.8 Å². The van der Waals surface area contributed by atoms with E-state index >= 15 is 0 Å². The van der Waals surface area contributed by atoms with Crippen molar-refractivity contribution in [2.45, 2.75) is 11.7 Å². The maximum Gasteiger partial charge on any atom is 0.323 e. The van der Waals surface area contributed by atoms with Gasteiger partial charge in [0.05, 0.1) is 11.0 Å². The summed E-state index contributed by atoms with van der Waals surface area (Å²) in [6, 6.07) is 7.53. The summed E-state index contributed by atoms with van der Waals surface area (Å²) in [7, 11) is 0. The number of hydrogen-bond donors (Lipinski definition) is 1. The van der Waals surface area contributed by atoms with Gasteiger partial charge in [0.2, 0.25) is 0 Å². The van der Waals surface area contributed by atoms with E-state index in [0.717, 1.165) is 11.0 Å². The van der Waals surface area contributed by atoms with Crippen molar-refractivity contribution in [3.05, 3.63) is 36.9 Å². The van der Waals surface area contributed by atoms with Crippen LogP contribution in [-0.4, -0.2) is 26.4 Å². The van der Waals surface area contributed by atoms with Crippen LogP contribution in [0.3, 0.4) is 0 Å². The van der Waals surface area contributed by atoms with Crippen LogP contribution < -0.4 is 0 Å². The van der Waals surface area contributed by atoms with Crippen LogP contribution in [0.4, 0.5) is 0 Å². The number of rotatable bonds is 5. The summed E-state index contributed by atoms with van der Waals surface area (Å²) < 4.78 is 1.71. The zero-order chi connectivity index (χ0) is 12.3. The lowest BCUT2D eigenvalue weighted by molar-refractivity contribution is -0.137. The van der Waals surface area contributed by atoms with E-state index in [4.69, 9.17) is 5.11 Å². The quantitative estimate of drug-likeness (QED) is 0.652. The number of carboxylic acids is 1. The molecule has 0 saturated heterocycles. The lowest BCUT2D eigenvalue weighted by Gasteiger charge is -2.04. The molecule has 1 N–H and O–H groups in total. The molecule has 0 amide bonds. The van der Waals surface area contributed by atoms with Gasteiger partial charge in [-0.2, -0.15) is 0 Å². The van der Waals surface area contributed by atoms with E-state index in [2.05, 4.69) is 11.6 Å². The highest BCUT2D eigenvalue weighted by Gasteiger charge is 2.12. The Bertz CT molecular complexity index is 563. The van der Waals surface area contributed by atoms with E-state index in [9.17, 15) is 4.79 Å². The summed E-state index contributed by atoms with van der Waals surface area (Å²) in [6.07, 6.45) is 1.77. The molecule has 88 valence electrons. The number of aliphatic carboxylic acids is 1. The number of carbonyl (C=O) groups is 1. The molecule has 0 spiro atoms. The average Bonchev–Trinajstić information content (AvgIpc) is 2.64. The molecule has 1 heterocycles. The van der Waals surface area contributed by atoms with Gasteiger partial charge in [-0.1, -0.05) is 30.0 Å². The Hall–Kier alpha value is -1.75. The minimum absolute atomic E-state index is 0.0695. The molecule has 0 aliphatic rings. The fourth-order valence-electron chi connectivity index (χ4n) is 1.59. The molecule has 0 radical (unpaired) electrons. The highest BCUT2D eigenvalue weighted by Crippen LogP contribution is 2.23. The molecular weight excluding hydrogens is 236 g/mol. The third-order valence-electron chi connectivity index (χ3n) is 2.24. The normalized spacial score (nSPS) is 10.6. The summed E-state index contributed by atoms with van der Waals surface area (Å²) in [6.45, 7) is 3.58. The number of benzene rings is 1. The van der Waals surface area contributed by atoms with Crippen LogP contribution in [0.5, 0.6) is 0 Å². The minimum Gasteiger partial charge on any atom is -0.480 e. The third kappa shape index (κ3) is 2.50. The maximum atomic E-state index is 10.9. The van der Waals surface area contributed by atoms with Crippen molar-refractivity contribution in [2.75, 3.05) is 5.75 Å². The van der Waals surface area contributed by atoms with E-state index in [1.807, 2.05) is 24.3 Å². The number of para-hydroxylation sites is 2. The molecule has 2 aromatic rings. The minimum atomic E-state index is -0.867. The van der Waals surface area contributed by atoms with Crippen molar-refractivity contribution in [2.24, 2.45) is 0 Å². The average molecular weight is 248 g/mol. The zero-order valence-corrected chi connectivity index (χ0v) is 9.98. The Morgan fingerprint density at radius 3 is 3.00 bits per heavy atom. The van der Waals surface area contributed by atoms with E-state index in [1.54, 1.807) is 10.6 Å². The Morgan fingerprint density at radius 1 is 1.53 bits per heavy atom. The molecule has 0 bridgehead atoms. The number of fused-ring (bicyclic) bond motifs is 1. The molecule has 0 aliphatic heterocycles. The molecule has 1 aromatic carbocycles. The second-order valence-electron chi connectivity index (χ2n) is 3.46. The van der Waals surface area contributed by atoms with Crippen LogP contribution in [0.25, 0.3) is 11.0 Å². The monoisotopic (exact) mass is 248 g/mol. The van der Waals surface area contributed by atoms with Crippen LogP contribution in [-0.2, 0) is 11.3 Å². The molecule has 0 fully saturated rings. The lowest BCUT2D eigenvalue weighted by atomic mass is 10.3. The highest BCUT2D eigenvalue weighted by molar-refractivity contribution is 7.99. The van der Waals surface area contributed by atoms with E-state index < -0.39 is 5.97 Å². The first-order valence-electron chi connectivity index (χ1n) is 5.13. The van der Waals surface area contributed by atoms with Gasteiger partial charge in [-0.3, -0.25) is 4.79 Å². The van der Waals surface area contributed by atoms with E-state index in [-0.39, 0.29) is 6.54 Å². The molecule has 0 unspecified atom stereocenters. The first kappa shape index (κ1) is 11.7. The standard InChI is InChI=1S/C12H12N2O2S/c1-2-7-17-12-13-9-5-3-4-6-10(9)14(12)8-11(15)16/h2-6H,1,7-8H2,(H,15,16). The predicted octanol–water partition coefficient (Wildman–Crippen LogP) is 2.40. The van der Waals surface area contributed by atoms with Crippen molar-refractivity contribution < 1.29 is 9.90 Å². The van der Waals surface area contributed by atoms with Gasteiger partial charge >= 0.3 is 5.97 Å². The Kier molecular flexibility index (Phi) is 3.49. The predicted molar refractivity (Wildman–Crippen MR) is 68.3 cm³/mol. The second-order valence-corrected chi connectivity index (χ2v) is 4.45. The maximum absolute atomic E-state index is 10.9. The van der Waals surface area contributed by atoms with Crippen LogP contribution in [0, 0.1) is 0 Å². The summed E-state index contributed by atoms with van der Waals surface area (Å²) in [5.41, 5.74) is 1.67. The Labute approximate surface area is 103 Å². The molecule has 0 atom stereocenters. The first-order chi connectivity index (χ1) is 8.22. The fraction of sp³-hybridized carbons (Fsp3) is 0.167. The molecule has 0 saturated carbocycles. The van der Waals surface area contributed by atoms with Crippen molar-refractivity contribution in [3.63, 3.8) is 0 Å². The number of nitrogens with zero attached hydrogens (tertiary/aromatic N) is 2. The van der Waals surface area contributed by atoms with Gasteiger partial charge in [0.25, 0.3) is 0 Å². The van der Waals surface area contributed by atoms with Crippen LogP contribution in [0.15, 0.2) is 42.1 Å². The fourth-order valence-corrected chi connectivity index (χ4v) is 2.33. The SMILES string of the molecule is C=CCSc1nc2ccccc2n1CC(=O)O. The van der Waals surface area contributed by atoms with Gasteiger partial charge in [0.1, 0.15) is 6.54 Å². The molecule has 2 rings (SSSR count). The second kappa shape index (κ2) is 5.05. The molecule has 1 aromatic heterocycles. The molecule has 5 heteroatoms. The van der Waals surface area contributed by atoms with Gasteiger partial charge in [0.15, 0.2) is 5.16 Å². The number of thioether (sulfide) groups is 1. The highest BCUT2D eigenvalue weighted by atomic mass is 32.2. The number of aromatic nitrogens is 2. The van der Waals surface area contributed by atoms with Gasteiger partial charge < -0.3 is 9.67 Å². The van der Waals surface area contributed by atoms with Gasteiger partial charge in [-0.15, -0.1) is 6.58 Å². The van der Waals surface area contributed by atoms with Crippen molar-refractivity contribution in [1.29, 1.82) is 0 Å². The summed E-state index contributed by atoms with van der Waals surface area (Å²) in [5, 5.41) is 9.63. The number of imidazole rings is 1. The third-order valence-corrected chi connectivity index (χ3v) is 3.22. The van der Waals surface area contributed by atoms with E-state index in [0.29, 0.717) is 10.9 Å². The summed E-state index contributed by atoms with van der Waals surface area (Å²) in [4.78, 5) is 15.3. The number of carboxylic acid groups (broad SMARTS) is 1. The van der Waals surface area contributed by atoms with Gasteiger partial charge in [-0.05, 0) is 12.1 Å². The Morgan fingerprint density at radius 2 is 2.29 bits per heavy atom. The lowest BCUT2D eigenvalue weighted by Crippen LogP contribution is -2.09. The van der Waals surface area contributed by atoms with Crippen LogP contribution in [0.2, 0.25) is 0 Å². The van der Waals surface area contributed by atoms with Crippen molar-refractivity contribution in [1.82, 2.24) is 9.55 Å². The van der Waals surface area contributed by atoms with E-state index in [1.165, 1.54) is 11.8 Å². The van der Waals surface area contributed by atoms with Crippen LogP contribution in [0.1, 0.15) is 0 Å². The number of hydrogen-bond acceptors (Lipinski definition) is 3. The van der Waals surface area contributed by atoms with Crippen molar-refractivity contribution in [3.8, 4) is 0 Å². The largest absolute Gasteiger partial charge is 0.480 e. The first-order valence-corrected chi connectivity index (χ1v) is 6.11.